The molecule has 1 aromatic rings. The molecule has 21 heavy (non-hydrogen) atoms. The summed E-state index contributed by atoms with van der Waals surface area (Å²) < 4.78 is 39.6. The van der Waals surface area contributed by atoms with Crippen molar-refractivity contribution < 1.29 is 22.8 Å². The van der Waals surface area contributed by atoms with E-state index in [1.54, 1.807) is 6.92 Å². The maximum absolute atomic E-state index is 13.1. The normalized spacial score (nSPS) is 19.7. The third-order valence-corrected chi connectivity index (χ3v) is 3.66. The van der Waals surface area contributed by atoms with Crippen LogP contribution in [0.25, 0.3) is 0 Å². The van der Waals surface area contributed by atoms with Crippen molar-refractivity contribution >= 4 is 33.4 Å². The molecule has 114 valence electrons. The van der Waals surface area contributed by atoms with Crippen molar-refractivity contribution in [1.29, 1.82) is 0 Å². The highest BCUT2D eigenvalue weighted by molar-refractivity contribution is 9.10. The number of anilines is 1. The molecule has 0 aromatic heterocycles. The van der Waals surface area contributed by atoms with Crippen LogP contribution in [0.5, 0.6) is 0 Å². The highest BCUT2D eigenvalue weighted by Gasteiger charge is 2.39. The lowest BCUT2D eigenvalue weighted by Gasteiger charge is -2.33. The van der Waals surface area contributed by atoms with Gasteiger partial charge in [-0.05, 0) is 24.6 Å². The molecule has 1 aliphatic heterocycles. The number of nitrogens with zero attached hydrogens (tertiary/aromatic N) is 1. The average Bonchev–Trinajstić information content (AvgIpc) is 2.40. The number of carbonyl (C=O) groups is 2. The van der Waals surface area contributed by atoms with Crippen LogP contribution in [0.3, 0.4) is 0 Å². The molecular weight excluding hydrogens is 353 g/mol. The molecule has 0 bridgehead atoms. The molecule has 1 unspecified atom stereocenters. The van der Waals surface area contributed by atoms with Gasteiger partial charge < -0.3 is 10.2 Å². The number of nitrogens with one attached hydrogen (secondary N) is 1. The van der Waals surface area contributed by atoms with Crippen molar-refractivity contribution in [3.8, 4) is 0 Å². The lowest BCUT2D eigenvalue weighted by Crippen LogP contribution is -2.58. The van der Waals surface area contributed by atoms with Crippen LogP contribution in [0.4, 0.5) is 18.9 Å². The van der Waals surface area contributed by atoms with Gasteiger partial charge in [-0.15, -0.1) is 0 Å². The molecule has 0 radical (unpaired) electrons. The first-order valence-electron chi connectivity index (χ1n) is 6.21. The summed E-state index contributed by atoms with van der Waals surface area (Å²) in [7, 11) is 0. The second kappa shape index (κ2) is 5.67. The fourth-order valence-corrected chi connectivity index (χ4v) is 2.52. The van der Waals surface area contributed by atoms with Crippen molar-refractivity contribution in [2.45, 2.75) is 25.6 Å². The van der Waals surface area contributed by atoms with Crippen LogP contribution in [0.15, 0.2) is 22.7 Å². The van der Waals surface area contributed by atoms with Crippen molar-refractivity contribution in [3.63, 3.8) is 0 Å². The SMILES string of the molecule is CCC1NC(=O)CN(c2ccc(Br)cc2C(F)(F)F)C1=O. The van der Waals surface area contributed by atoms with Gasteiger partial charge in [-0.25, -0.2) is 0 Å². The zero-order valence-electron chi connectivity index (χ0n) is 11.0. The quantitative estimate of drug-likeness (QED) is 0.876. The van der Waals surface area contributed by atoms with E-state index in [2.05, 4.69) is 21.2 Å². The van der Waals surface area contributed by atoms with Crippen LogP contribution in [0.1, 0.15) is 18.9 Å². The second-order valence-corrected chi connectivity index (χ2v) is 5.53. The van der Waals surface area contributed by atoms with Crippen molar-refractivity contribution in [2.75, 3.05) is 11.4 Å². The molecule has 1 aliphatic rings. The predicted octanol–water partition coefficient (Wildman–Crippen LogP) is 2.71. The Hall–Kier alpha value is -1.57. The van der Waals surface area contributed by atoms with Gasteiger partial charge in [0.1, 0.15) is 12.6 Å². The molecule has 0 aliphatic carbocycles. The van der Waals surface area contributed by atoms with E-state index < -0.39 is 36.1 Å². The highest BCUT2D eigenvalue weighted by atomic mass is 79.9. The topological polar surface area (TPSA) is 49.4 Å². The summed E-state index contributed by atoms with van der Waals surface area (Å²) in [5.74, 6) is -1.01. The lowest BCUT2D eigenvalue weighted by molar-refractivity contribution is -0.138. The highest BCUT2D eigenvalue weighted by Crippen LogP contribution is 2.38. The maximum atomic E-state index is 13.1. The molecule has 0 spiro atoms. The predicted molar refractivity (Wildman–Crippen MR) is 73.7 cm³/mol. The Morgan fingerprint density at radius 1 is 1.38 bits per heavy atom. The van der Waals surface area contributed by atoms with E-state index in [1.165, 1.54) is 12.1 Å². The molecule has 2 amide bonds. The van der Waals surface area contributed by atoms with Gasteiger partial charge in [-0.1, -0.05) is 22.9 Å². The Bertz CT molecular complexity index is 589. The third kappa shape index (κ3) is 3.20. The summed E-state index contributed by atoms with van der Waals surface area (Å²) in [6.45, 7) is 1.26. The minimum absolute atomic E-state index is 0.250. The van der Waals surface area contributed by atoms with E-state index in [0.717, 1.165) is 11.0 Å². The lowest BCUT2D eigenvalue weighted by atomic mass is 10.1. The van der Waals surface area contributed by atoms with E-state index in [4.69, 9.17) is 0 Å². The number of rotatable bonds is 2. The number of piperazine rings is 1. The van der Waals surface area contributed by atoms with Crippen molar-refractivity contribution in [1.82, 2.24) is 5.32 Å². The van der Waals surface area contributed by atoms with E-state index in [0.29, 0.717) is 6.42 Å². The first-order chi connectivity index (χ1) is 9.74. The zero-order valence-corrected chi connectivity index (χ0v) is 12.6. The smallest absolute Gasteiger partial charge is 0.343 e. The molecule has 2 rings (SSSR count). The zero-order chi connectivity index (χ0) is 15.8. The van der Waals surface area contributed by atoms with E-state index >= 15 is 0 Å². The molecule has 1 atom stereocenters. The largest absolute Gasteiger partial charge is 0.418 e. The summed E-state index contributed by atoms with van der Waals surface area (Å²) in [5.41, 5.74) is -1.25. The van der Waals surface area contributed by atoms with Gasteiger partial charge >= 0.3 is 6.18 Å². The number of amides is 2. The van der Waals surface area contributed by atoms with Gasteiger partial charge in [-0.3, -0.25) is 9.59 Å². The minimum atomic E-state index is -4.62. The van der Waals surface area contributed by atoms with Crippen LogP contribution in [0, 0.1) is 0 Å². The Labute approximate surface area is 127 Å². The number of hydrogen-bond donors (Lipinski definition) is 1. The average molecular weight is 365 g/mol. The third-order valence-electron chi connectivity index (χ3n) is 3.16. The van der Waals surface area contributed by atoms with Crippen molar-refractivity contribution in [3.05, 3.63) is 28.2 Å². The minimum Gasteiger partial charge on any atom is -0.343 e. The second-order valence-electron chi connectivity index (χ2n) is 4.61. The Kier molecular flexibility index (Phi) is 4.27. The summed E-state index contributed by atoms with van der Waals surface area (Å²) in [6.07, 6.45) is -4.30. The Balaban J connectivity index is 2.50. The number of halogens is 4. The molecule has 1 N–H and O–H groups in total. The monoisotopic (exact) mass is 364 g/mol. The van der Waals surface area contributed by atoms with Crippen LogP contribution < -0.4 is 10.2 Å². The first kappa shape index (κ1) is 15.8. The molecule has 1 saturated heterocycles. The fourth-order valence-electron chi connectivity index (χ4n) is 2.16. The number of hydrogen-bond acceptors (Lipinski definition) is 2. The van der Waals surface area contributed by atoms with E-state index in [1.807, 2.05) is 0 Å². The number of benzene rings is 1. The fraction of sp³-hybridized carbons (Fsp3) is 0.385. The van der Waals surface area contributed by atoms with Crippen molar-refractivity contribution in [2.24, 2.45) is 0 Å². The van der Waals surface area contributed by atoms with Crippen LogP contribution in [-0.2, 0) is 15.8 Å². The molecule has 8 heteroatoms. The molecule has 4 nitrogen and oxygen atoms in total. The molecule has 1 heterocycles. The van der Waals surface area contributed by atoms with Gasteiger partial charge in [-0.2, -0.15) is 13.2 Å². The molecular formula is C13H12BrF3N2O2. The van der Waals surface area contributed by atoms with Gasteiger partial charge in [0, 0.05) is 4.47 Å². The van der Waals surface area contributed by atoms with Crippen LogP contribution in [-0.4, -0.2) is 24.4 Å². The summed E-state index contributed by atoms with van der Waals surface area (Å²) in [6, 6.07) is 2.70. The number of carbonyl (C=O) groups excluding carboxylic acids is 2. The first-order valence-corrected chi connectivity index (χ1v) is 7.00. The molecule has 0 saturated carbocycles. The van der Waals surface area contributed by atoms with Gasteiger partial charge in [0.05, 0.1) is 11.3 Å². The summed E-state index contributed by atoms with van der Waals surface area (Å²) in [5, 5.41) is 2.46. The van der Waals surface area contributed by atoms with E-state index in [-0.39, 0.29) is 10.2 Å². The Morgan fingerprint density at radius 2 is 2.05 bits per heavy atom. The molecule has 1 fully saturated rings. The maximum Gasteiger partial charge on any atom is 0.418 e. The van der Waals surface area contributed by atoms with Crippen LogP contribution in [0.2, 0.25) is 0 Å². The Morgan fingerprint density at radius 3 is 2.62 bits per heavy atom. The summed E-state index contributed by atoms with van der Waals surface area (Å²) >= 11 is 2.98. The summed E-state index contributed by atoms with van der Waals surface area (Å²) in [4.78, 5) is 24.7. The molecule has 1 aromatic carbocycles. The van der Waals surface area contributed by atoms with Gasteiger partial charge in [0.25, 0.3) is 0 Å². The number of alkyl halides is 3. The van der Waals surface area contributed by atoms with E-state index in [9.17, 15) is 22.8 Å². The standard InChI is InChI=1S/C13H12BrF3N2O2/c1-2-9-12(21)19(6-11(20)18-9)10-4-3-7(14)5-8(10)13(15,16)17/h3-5,9H,2,6H2,1H3,(H,18,20). The van der Waals surface area contributed by atoms with Gasteiger partial charge in [0.15, 0.2) is 0 Å². The van der Waals surface area contributed by atoms with Gasteiger partial charge in [0.2, 0.25) is 11.8 Å². The van der Waals surface area contributed by atoms with Crippen LogP contribution >= 0.6 is 15.9 Å².